The van der Waals surface area contributed by atoms with E-state index in [1.54, 1.807) is 17.0 Å². The topological polar surface area (TPSA) is 41.6 Å². The second-order valence-corrected chi connectivity index (χ2v) is 7.48. The fourth-order valence-corrected chi connectivity index (χ4v) is 3.88. The van der Waals surface area contributed by atoms with E-state index in [-0.39, 0.29) is 17.9 Å². The molecule has 2 aromatic rings. The summed E-state index contributed by atoms with van der Waals surface area (Å²) in [5, 5.41) is 2.27. The van der Waals surface area contributed by atoms with Crippen molar-refractivity contribution >= 4 is 6.09 Å². The number of rotatable bonds is 4. The van der Waals surface area contributed by atoms with E-state index in [9.17, 15) is 22.4 Å². The zero-order valence-corrected chi connectivity index (χ0v) is 16.5. The molecule has 0 bridgehead atoms. The molecule has 2 atom stereocenters. The molecule has 4 rings (SSSR count). The monoisotopic (exact) mass is 432 g/mol. The van der Waals surface area contributed by atoms with Gasteiger partial charge in [0.1, 0.15) is 18.5 Å². The van der Waals surface area contributed by atoms with E-state index in [1.807, 2.05) is 24.3 Å². The Bertz CT molecular complexity index is 1030. The highest BCUT2D eigenvalue weighted by molar-refractivity contribution is 5.70. The van der Waals surface area contributed by atoms with Gasteiger partial charge in [-0.3, -0.25) is 4.90 Å². The number of carbonyl (C=O) groups is 1. The number of fused-ring (bicyclic) bond motifs is 1. The maximum Gasteiger partial charge on any atom is 0.411 e. The van der Waals surface area contributed by atoms with Crippen molar-refractivity contribution in [3.05, 3.63) is 88.5 Å². The highest BCUT2D eigenvalue weighted by Gasteiger charge is 2.34. The van der Waals surface area contributed by atoms with Crippen LogP contribution in [0.3, 0.4) is 0 Å². The first-order chi connectivity index (χ1) is 14.8. The fourth-order valence-electron chi connectivity index (χ4n) is 3.88. The van der Waals surface area contributed by atoms with Gasteiger partial charge in [0.05, 0.1) is 11.7 Å². The van der Waals surface area contributed by atoms with E-state index in [2.05, 4.69) is 11.0 Å². The summed E-state index contributed by atoms with van der Waals surface area (Å²) in [6, 6.07) is 13.3. The number of halogens is 4. The summed E-state index contributed by atoms with van der Waals surface area (Å²) in [5.74, 6) is -0.372. The molecule has 0 saturated carbocycles. The lowest BCUT2D eigenvalue weighted by atomic mass is 9.88. The predicted octanol–water partition coefficient (Wildman–Crippen LogP) is 4.87. The number of carbonyl (C=O) groups excluding carboxylic acids is 1. The molecule has 0 saturated heterocycles. The third kappa shape index (κ3) is 4.91. The van der Waals surface area contributed by atoms with Crippen LogP contribution >= 0.6 is 0 Å². The van der Waals surface area contributed by atoms with Crippen molar-refractivity contribution in [2.24, 2.45) is 0 Å². The van der Waals surface area contributed by atoms with Crippen molar-refractivity contribution in [1.29, 1.82) is 0 Å². The number of benzene rings is 2. The summed E-state index contributed by atoms with van der Waals surface area (Å²) in [5.41, 5.74) is 5.72. The minimum Gasteiger partial charge on any atom is -0.441 e. The Balaban J connectivity index is 1.48. The van der Waals surface area contributed by atoms with Crippen LogP contribution in [-0.2, 0) is 11.2 Å². The van der Waals surface area contributed by atoms with Gasteiger partial charge in [-0.1, -0.05) is 36.4 Å². The molecule has 2 aliphatic rings. The number of hydrogen-bond donors (Lipinski definition) is 1. The molecule has 4 nitrogen and oxygen atoms in total. The van der Waals surface area contributed by atoms with Crippen LogP contribution in [0.25, 0.3) is 0 Å². The van der Waals surface area contributed by atoms with Crippen LogP contribution in [0.1, 0.15) is 29.2 Å². The minimum absolute atomic E-state index is 0.105. The van der Waals surface area contributed by atoms with Crippen molar-refractivity contribution in [2.75, 3.05) is 13.1 Å². The highest BCUT2D eigenvalue weighted by atomic mass is 19.4. The lowest BCUT2D eigenvalue weighted by Crippen LogP contribution is -2.42. The van der Waals surface area contributed by atoms with Gasteiger partial charge in [-0.2, -0.15) is 13.2 Å². The number of alkyl halides is 3. The lowest BCUT2D eigenvalue weighted by Gasteiger charge is -2.37. The Morgan fingerprint density at radius 1 is 1.16 bits per heavy atom. The van der Waals surface area contributed by atoms with E-state index in [4.69, 9.17) is 4.74 Å². The van der Waals surface area contributed by atoms with Gasteiger partial charge in [-0.25, -0.2) is 9.18 Å². The van der Waals surface area contributed by atoms with Gasteiger partial charge in [-0.05, 0) is 35.2 Å². The molecule has 0 radical (unpaired) electrons. The van der Waals surface area contributed by atoms with E-state index in [0.29, 0.717) is 13.0 Å². The highest BCUT2D eigenvalue weighted by Crippen LogP contribution is 2.36. The molecule has 1 heterocycles. The zero-order valence-electron chi connectivity index (χ0n) is 16.5. The number of amides is 1. The molecular formula is C23H20F4N2O2. The average Bonchev–Trinajstić information content (AvgIpc) is 3.19. The van der Waals surface area contributed by atoms with Crippen LogP contribution < -0.4 is 5.32 Å². The molecule has 2 aromatic carbocycles. The van der Waals surface area contributed by atoms with Gasteiger partial charge in [-0.15, -0.1) is 5.73 Å². The Morgan fingerprint density at radius 3 is 2.65 bits per heavy atom. The predicted molar refractivity (Wildman–Crippen MR) is 106 cm³/mol. The number of ether oxygens (including phenoxy) is 1. The summed E-state index contributed by atoms with van der Waals surface area (Å²) in [7, 11) is 0. The average molecular weight is 432 g/mol. The Hall–Kier alpha value is -3.25. The van der Waals surface area contributed by atoms with Crippen molar-refractivity contribution in [1.82, 2.24) is 10.2 Å². The Labute approximate surface area is 176 Å². The van der Waals surface area contributed by atoms with Crippen LogP contribution in [0.5, 0.6) is 0 Å². The largest absolute Gasteiger partial charge is 0.441 e. The fraction of sp³-hybridized carbons (Fsp3) is 0.304. The number of nitrogens with zero attached hydrogens (tertiary/aromatic N) is 1. The summed E-state index contributed by atoms with van der Waals surface area (Å²) < 4.78 is 56.2. The second kappa shape index (κ2) is 8.47. The zero-order chi connectivity index (χ0) is 22.0. The molecular weight excluding hydrogens is 412 g/mol. The van der Waals surface area contributed by atoms with E-state index >= 15 is 0 Å². The van der Waals surface area contributed by atoms with Gasteiger partial charge < -0.3 is 10.1 Å². The summed E-state index contributed by atoms with van der Waals surface area (Å²) in [4.78, 5) is 14.6. The molecule has 31 heavy (non-hydrogen) atoms. The van der Waals surface area contributed by atoms with Crippen molar-refractivity contribution < 1.29 is 27.1 Å². The molecule has 0 aromatic heterocycles. The third-order valence-corrected chi connectivity index (χ3v) is 5.31. The Kier molecular flexibility index (Phi) is 5.74. The van der Waals surface area contributed by atoms with Crippen LogP contribution in [0.4, 0.5) is 22.4 Å². The van der Waals surface area contributed by atoms with E-state index < -0.39 is 31.0 Å². The van der Waals surface area contributed by atoms with Gasteiger partial charge in [0, 0.05) is 19.0 Å². The van der Waals surface area contributed by atoms with Gasteiger partial charge in [0.2, 0.25) is 0 Å². The lowest BCUT2D eigenvalue weighted by molar-refractivity contribution is -0.123. The molecule has 1 aliphatic heterocycles. The first-order valence-corrected chi connectivity index (χ1v) is 9.87. The van der Waals surface area contributed by atoms with Crippen LogP contribution in [0, 0.1) is 5.82 Å². The molecule has 1 amide bonds. The first-order valence-electron chi connectivity index (χ1n) is 9.87. The molecule has 1 aliphatic carbocycles. The molecule has 162 valence electrons. The minimum atomic E-state index is -4.34. The van der Waals surface area contributed by atoms with Gasteiger partial charge >= 0.3 is 12.3 Å². The standard InChI is InChI=1S/C23H20F4N2O2/c24-17-7-5-16(6-8-17)21-20-4-2-1-3-15(20)11-12-29(21)22(30)31-19-10-9-18(13-19)28-14-23(25,26)27/h1-8,10,19,21,28H,11-14H2/t19?,21-/m0/s1. The van der Waals surface area contributed by atoms with E-state index in [0.717, 1.165) is 16.7 Å². The van der Waals surface area contributed by atoms with Crippen molar-refractivity contribution in [3.8, 4) is 0 Å². The number of nitrogens with one attached hydrogen (secondary N) is 1. The third-order valence-electron chi connectivity index (χ3n) is 5.31. The second-order valence-electron chi connectivity index (χ2n) is 7.48. The van der Waals surface area contributed by atoms with Crippen LogP contribution in [0.2, 0.25) is 0 Å². The summed E-state index contributed by atoms with van der Waals surface area (Å²) >= 11 is 0. The normalized spacial score (nSPS) is 20.3. The SMILES string of the molecule is O=C(OC1C=C=C(NCC(F)(F)F)C1)N1CCc2ccccc2[C@@H]1c1ccc(F)cc1. The van der Waals surface area contributed by atoms with Crippen molar-refractivity contribution in [2.45, 2.75) is 31.2 Å². The molecule has 1 N–H and O–H groups in total. The smallest absolute Gasteiger partial charge is 0.411 e. The van der Waals surface area contributed by atoms with Crippen LogP contribution in [-0.4, -0.2) is 36.4 Å². The maximum atomic E-state index is 13.5. The van der Waals surface area contributed by atoms with Crippen molar-refractivity contribution in [3.63, 3.8) is 0 Å². The molecule has 1 unspecified atom stereocenters. The molecule has 8 heteroatoms. The van der Waals surface area contributed by atoms with Crippen LogP contribution in [0.15, 0.2) is 66.0 Å². The van der Waals surface area contributed by atoms with Gasteiger partial charge in [0.15, 0.2) is 0 Å². The summed E-state index contributed by atoms with van der Waals surface area (Å²) in [6.07, 6.45) is -3.43. The Morgan fingerprint density at radius 2 is 1.90 bits per heavy atom. The quantitative estimate of drug-likeness (QED) is 0.554. The molecule has 0 fully saturated rings. The first kappa shape index (κ1) is 21.0. The summed E-state index contributed by atoms with van der Waals surface area (Å²) in [6.45, 7) is -0.764. The van der Waals surface area contributed by atoms with E-state index in [1.165, 1.54) is 18.2 Å². The van der Waals surface area contributed by atoms with Gasteiger partial charge in [0.25, 0.3) is 0 Å². The number of hydrogen-bond acceptors (Lipinski definition) is 3. The molecule has 0 spiro atoms. The maximum absolute atomic E-state index is 13.5.